The minimum absolute atomic E-state index is 0.0343. The number of fused-ring (bicyclic) bond motifs is 1. The van der Waals surface area contributed by atoms with Crippen LogP contribution >= 0.6 is 11.3 Å². The van der Waals surface area contributed by atoms with Crippen molar-refractivity contribution >= 4 is 38.3 Å². The second kappa shape index (κ2) is 10.2. The molecule has 0 saturated carbocycles. The first-order valence-corrected chi connectivity index (χ1v) is 11.6. The second-order valence-corrected chi connectivity index (χ2v) is 8.69. The molecule has 0 N–H and O–H groups in total. The lowest BCUT2D eigenvalue weighted by Crippen LogP contribution is -2.39. The maximum absolute atomic E-state index is 13.4. The van der Waals surface area contributed by atoms with Crippen LogP contribution in [0.5, 0.6) is 0 Å². The molecule has 4 rings (SSSR count). The molecule has 9 heteroatoms. The van der Waals surface area contributed by atoms with Crippen LogP contribution in [0.1, 0.15) is 29.3 Å². The molecular formula is C23H26N4O4S. The highest BCUT2D eigenvalue weighted by molar-refractivity contribution is 7.22. The third kappa shape index (κ3) is 4.95. The number of morpholine rings is 1. The van der Waals surface area contributed by atoms with Crippen molar-refractivity contribution in [3.05, 3.63) is 63.7 Å². The summed E-state index contributed by atoms with van der Waals surface area (Å²) in [6.07, 6.45) is 1.67. The summed E-state index contributed by atoms with van der Waals surface area (Å²) >= 11 is 1.50. The number of hydrogen-bond acceptors (Lipinski definition) is 7. The topological polar surface area (TPSA) is 88.8 Å². The third-order valence-electron chi connectivity index (χ3n) is 5.63. The molecule has 1 aliphatic heterocycles. The summed E-state index contributed by atoms with van der Waals surface area (Å²) in [7, 11) is 0. The van der Waals surface area contributed by atoms with Crippen LogP contribution in [0.15, 0.2) is 42.5 Å². The molecule has 1 saturated heterocycles. The number of carbonyl (C=O) groups is 1. The summed E-state index contributed by atoms with van der Waals surface area (Å²) in [6, 6.07) is 11.9. The first-order valence-electron chi connectivity index (χ1n) is 10.8. The molecule has 1 fully saturated rings. The van der Waals surface area contributed by atoms with E-state index in [4.69, 9.17) is 9.72 Å². The number of anilines is 1. The minimum Gasteiger partial charge on any atom is -0.379 e. The van der Waals surface area contributed by atoms with Gasteiger partial charge in [0.25, 0.3) is 11.6 Å². The van der Waals surface area contributed by atoms with E-state index in [-0.39, 0.29) is 11.6 Å². The van der Waals surface area contributed by atoms with E-state index < -0.39 is 4.92 Å². The lowest BCUT2D eigenvalue weighted by molar-refractivity contribution is -0.384. The van der Waals surface area contributed by atoms with Crippen molar-refractivity contribution in [2.24, 2.45) is 0 Å². The molecule has 168 valence electrons. The third-order valence-corrected chi connectivity index (χ3v) is 6.68. The molecule has 2 heterocycles. The van der Waals surface area contributed by atoms with Crippen LogP contribution in [-0.4, -0.2) is 60.1 Å². The van der Waals surface area contributed by atoms with Crippen molar-refractivity contribution in [3.8, 4) is 0 Å². The number of aryl methyl sites for hydroxylation is 1. The van der Waals surface area contributed by atoms with Gasteiger partial charge in [0.1, 0.15) is 0 Å². The molecule has 32 heavy (non-hydrogen) atoms. The number of thiazole rings is 1. The predicted octanol–water partition coefficient (Wildman–Crippen LogP) is 4.14. The second-order valence-electron chi connectivity index (χ2n) is 7.68. The number of rotatable bonds is 8. The first-order chi connectivity index (χ1) is 15.6. The standard InChI is InChI=1S/C23H26N4O4S/c1-2-17-5-3-6-20-21(17)24-23(32-20)26(12-4-11-25-13-15-31-16-14-25)22(28)18-7-9-19(10-8-18)27(29)30/h3,5-10H,2,4,11-16H2,1H3. The average Bonchev–Trinajstić information content (AvgIpc) is 3.26. The maximum Gasteiger partial charge on any atom is 0.269 e. The molecule has 0 unspecified atom stereocenters. The molecule has 0 radical (unpaired) electrons. The van der Waals surface area contributed by atoms with E-state index >= 15 is 0 Å². The van der Waals surface area contributed by atoms with Gasteiger partial charge in [-0.05, 0) is 36.6 Å². The van der Waals surface area contributed by atoms with E-state index in [0.29, 0.717) is 17.2 Å². The van der Waals surface area contributed by atoms with Crippen molar-refractivity contribution in [2.75, 3.05) is 44.3 Å². The zero-order valence-corrected chi connectivity index (χ0v) is 18.8. The summed E-state index contributed by atoms with van der Waals surface area (Å²) in [5, 5.41) is 11.6. The van der Waals surface area contributed by atoms with Gasteiger partial charge in [-0.2, -0.15) is 0 Å². The number of hydrogen-bond donors (Lipinski definition) is 0. The zero-order chi connectivity index (χ0) is 22.5. The van der Waals surface area contributed by atoms with Crippen molar-refractivity contribution in [1.82, 2.24) is 9.88 Å². The molecule has 8 nitrogen and oxygen atoms in total. The summed E-state index contributed by atoms with van der Waals surface area (Å²) in [5.41, 5.74) is 2.47. The van der Waals surface area contributed by atoms with Crippen LogP contribution < -0.4 is 4.90 Å². The van der Waals surface area contributed by atoms with Crippen molar-refractivity contribution in [3.63, 3.8) is 0 Å². The van der Waals surface area contributed by atoms with Crippen LogP contribution in [0, 0.1) is 10.1 Å². The van der Waals surface area contributed by atoms with E-state index in [1.54, 1.807) is 4.90 Å². The Labute approximate surface area is 190 Å². The van der Waals surface area contributed by atoms with Crippen molar-refractivity contribution in [1.29, 1.82) is 0 Å². The first kappa shape index (κ1) is 22.3. The van der Waals surface area contributed by atoms with Crippen molar-refractivity contribution < 1.29 is 14.5 Å². The normalized spacial score (nSPS) is 14.5. The number of amides is 1. The smallest absolute Gasteiger partial charge is 0.269 e. The van der Waals surface area contributed by atoms with Gasteiger partial charge in [0, 0.05) is 43.9 Å². The van der Waals surface area contributed by atoms with Gasteiger partial charge in [-0.3, -0.25) is 24.7 Å². The molecular weight excluding hydrogens is 428 g/mol. The van der Waals surface area contributed by atoms with E-state index in [1.165, 1.54) is 35.6 Å². The molecule has 2 aromatic carbocycles. The Morgan fingerprint density at radius 1 is 1.22 bits per heavy atom. The number of benzene rings is 2. The van der Waals surface area contributed by atoms with Gasteiger partial charge in [0.15, 0.2) is 5.13 Å². The Hall–Kier alpha value is -2.88. The molecule has 1 amide bonds. The van der Waals surface area contributed by atoms with Crippen molar-refractivity contribution in [2.45, 2.75) is 19.8 Å². The van der Waals surface area contributed by atoms with Gasteiger partial charge in [-0.1, -0.05) is 30.4 Å². The fraction of sp³-hybridized carbons (Fsp3) is 0.391. The van der Waals surface area contributed by atoms with Crippen LogP contribution in [-0.2, 0) is 11.2 Å². The number of nitro groups is 1. The van der Waals surface area contributed by atoms with Gasteiger partial charge in [0.05, 0.1) is 28.4 Å². The zero-order valence-electron chi connectivity index (χ0n) is 18.0. The Morgan fingerprint density at radius 3 is 2.66 bits per heavy atom. The predicted molar refractivity (Wildman–Crippen MR) is 126 cm³/mol. The highest BCUT2D eigenvalue weighted by Gasteiger charge is 2.23. The van der Waals surface area contributed by atoms with E-state index in [2.05, 4.69) is 17.9 Å². The van der Waals surface area contributed by atoms with Crippen LogP contribution in [0.3, 0.4) is 0 Å². The minimum atomic E-state index is -0.464. The molecule has 0 bridgehead atoms. The lowest BCUT2D eigenvalue weighted by atomic mass is 10.1. The number of ether oxygens (including phenoxy) is 1. The number of carbonyl (C=O) groups excluding carboxylic acids is 1. The number of para-hydroxylation sites is 1. The lowest BCUT2D eigenvalue weighted by Gasteiger charge is -2.27. The van der Waals surface area contributed by atoms with Crippen LogP contribution in [0.25, 0.3) is 10.2 Å². The molecule has 1 aromatic heterocycles. The monoisotopic (exact) mass is 454 g/mol. The number of nitro benzene ring substituents is 1. The Morgan fingerprint density at radius 2 is 1.97 bits per heavy atom. The SMILES string of the molecule is CCc1cccc2sc(N(CCCN3CCOCC3)C(=O)c3ccc([N+](=O)[O-])cc3)nc12. The largest absolute Gasteiger partial charge is 0.379 e. The Balaban J connectivity index is 1.59. The maximum atomic E-state index is 13.4. The van der Waals surface area contributed by atoms with E-state index in [9.17, 15) is 14.9 Å². The molecule has 3 aromatic rings. The highest BCUT2D eigenvalue weighted by Crippen LogP contribution is 2.32. The van der Waals surface area contributed by atoms with Gasteiger partial charge >= 0.3 is 0 Å². The Bertz CT molecular complexity index is 1090. The summed E-state index contributed by atoms with van der Waals surface area (Å²) in [6.45, 7) is 6.77. The number of nitrogens with zero attached hydrogens (tertiary/aromatic N) is 4. The van der Waals surface area contributed by atoms with E-state index in [1.807, 2.05) is 12.1 Å². The summed E-state index contributed by atoms with van der Waals surface area (Å²) in [5.74, 6) is -0.195. The fourth-order valence-electron chi connectivity index (χ4n) is 3.84. The van der Waals surface area contributed by atoms with E-state index in [0.717, 1.165) is 61.5 Å². The molecule has 1 aliphatic rings. The molecule has 0 aliphatic carbocycles. The van der Waals surface area contributed by atoms with Gasteiger partial charge in [-0.15, -0.1) is 0 Å². The molecule has 0 spiro atoms. The highest BCUT2D eigenvalue weighted by atomic mass is 32.1. The van der Waals surface area contributed by atoms with Gasteiger partial charge < -0.3 is 4.74 Å². The number of non-ortho nitro benzene ring substituents is 1. The van der Waals surface area contributed by atoms with Crippen LogP contribution in [0.4, 0.5) is 10.8 Å². The average molecular weight is 455 g/mol. The van der Waals surface area contributed by atoms with Gasteiger partial charge in [0.2, 0.25) is 0 Å². The van der Waals surface area contributed by atoms with Gasteiger partial charge in [-0.25, -0.2) is 4.98 Å². The fourth-order valence-corrected chi connectivity index (χ4v) is 4.88. The van der Waals surface area contributed by atoms with Crippen LogP contribution in [0.2, 0.25) is 0 Å². The Kier molecular flexibility index (Phi) is 7.09. The quantitative estimate of drug-likeness (QED) is 0.376. The summed E-state index contributed by atoms with van der Waals surface area (Å²) in [4.78, 5) is 32.8. The summed E-state index contributed by atoms with van der Waals surface area (Å²) < 4.78 is 6.46. The molecule has 0 atom stereocenters. The number of aromatic nitrogens is 1.